The van der Waals surface area contributed by atoms with Crippen LogP contribution in [-0.2, 0) is 13.1 Å². The molecule has 0 amide bonds. The molecule has 6 nitrogen and oxygen atoms in total. The third-order valence-electron chi connectivity index (χ3n) is 5.37. The molecule has 1 aliphatic carbocycles. The summed E-state index contributed by atoms with van der Waals surface area (Å²) in [4.78, 5) is 2.47. The van der Waals surface area contributed by atoms with Crippen LogP contribution in [0.3, 0.4) is 0 Å². The Labute approximate surface area is 130 Å². The molecule has 6 heteroatoms. The molecule has 0 bridgehead atoms. The Hall–Kier alpha value is -1.69. The first-order valence-electron chi connectivity index (χ1n) is 8.40. The van der Waals surface area contributed by atoms with E-state index in [0.717, 1.165) is 31.2 Å². The summed E-state index contributed by atoms with van der Waals surface area (Å²) in [7, 11) is 0. The zero-order chi connectivity index (χ0) is 15.1. The average molecular weight is 300 g/mol. The number of rotatable bonds is 3. The van der Waals surface area contributed by atoms with Crippen LogP contribution in [0.5, 0.6) is 0 Å². The molecule has 1 saturated carbocycles. The van der Waals surface area contributed by atoms with Crippen LogP contribution in [0.15, 0.2) is 6.20 Å². The number of hydrogen-bond acceptors (Lipinski definition) is 4. The second kappa shape index (κ2) is 5.50. The van der Waals surface area contributed by atoms with Crippen LogP contribution >= 0.6 is 0 Å². The third kappa shape index (κ3) is 2.26. The molecular formula is C16H24N6. The maximum Gasteiger partial charge on any atom is 0.150 e. The van der Waals surface area contributed by atoms with Gasteiger partial charge in [0.15, 0.2) is 0 Å². The molecule has 0 aromatic carbocycles. The molecule has 0 saturated heterocycles. The Morgan fingerprint density at radius 1 is 1.18 bits per heavy atom. The van der Waals surface area contributed by atoms with Gasteiger partial charge in [0.05, 0.1) is 12.2 Å². The topological polar surface area (TPSA) is 62.6 Å². The van der Waals surface area contributed by atoms with Crippen molar-refractivity contribution in [3.05, 3.63) is 29.1 Å². The Morgan fingerprint density at radius 2 is 1.95 bits per heavy atom. The van der Waals surface area contributed by atoms with Gasteiger partial charge in [0.2, 0.25) is 0 Å². The minimum Gasteiger partial charge on any atom is -0.312 e. The monoisotopic (exact) mass is 300 g/mol. The molecule has 1 fully saturated rings. The van der Waals surface area contributed by atoms with Crippen LogP contribution in [0.4, 0.5) is 0 Å². The van der Waals surface area contributed by atoms with Crippen LogP contribution < -0.4 is 0 Å². The van der Waals surface area contributed by atoms with Gasteiger partial charge in [-0.1, -0.05) is 12.8 Å². The van der Waals surface area contributed by atoms with E-state index in [0.29, 0.717) is 12.0 Å². The summed E-state index contributed by atoms with van der Waals surface area (Å²) < 4.78 is 2.39. The molecule has 2 aliphatic rings. The van der Waals surface area contributed by atoms with E-state index in [1.165, 1.54) is 37.1 Å². The Bertz CT molecular complexity index is 651. The molecule has 1 atom stereocenters. The molecule has 3 heterocycles. The van der Waals surface area contributed by atoms with Crippen molar-refractivity contribution < 1.29 is 0 Å². The van der Waals surface area contributed by atoms with Gasteiger partial charge in [0.25, 0.3) is 0 Å². The minimum absolute atomic E-state index is 0.311. The van der Waals surface area contributed by atoms with Crippen LogP contribution in [-0.4, -0.2) is 36.4 Å². The lowest BCUT2D eigenvalue weighted by molar-refractivity contribution is 0.154. The normalized spacial score (nSPS) is 23.1. The smallest absolute Gasteiger partial charge is 0.150 e. The summed E-state index contributed by atoms with van der Waals surface area (Å²) in [6, 6.07) is 0.311. The summed E-state index contributed by atoms with van der Waals surface area (Å²) in [5.74, 6) is 3.00. The zero-order valence-corrected chi connectivity index (χ0v) is 13.4. The Morgan fingerprint density at radius 3 is 2.68 bits per heavy atom. The van der Waals surface area contributed by atoms with Gasteiger partial charge in [0, 0.05) is 36.8 Å². The van der Waals surface area contributed by atoms with E-state index in [2.05, 4.69) is 43.7 Å². The Kier molecular flexibility index (Phi) is 3.48. The summed E-state index contributed by atoms with van der Waals surface area (Å²) in [6.45, 7) is 7.31. The van der Waals surface area contributed by atoms with E-state index in [1.807, 2.05) is 6.20 Å². The van der Waals surface area contributed by atoms with Crippen molar-refractivity contribution in [2.45, 2.75) is 64.6 Å². The predicted molar refractivity (Wildman–Crippen MR) is 83.4 cm³/mol. The van der Waals surface area contributed by atoms with Crippen LogP contribution in [0.25, 0.3) is 0 Å². The fourth-order valence-electron chi connectivity index (χ4n) is 3.91. The molecule has 1 N–H and O–H groups in total. The largest absolute Gasteiger partial charge is 0.312 e. The SMILES string of the molecule is Cc1[nH]ncc1CN1CCn2c(C3CCCC3)nnc2C1C. The lowest BCUT2D eigenvalue weighted by atomic mass is 10.1. The van der Waals surface area contributed by atoms with Crippen molar-refractivity contribution in [3.8, 4) is 0 Å². The summed E-state index contributed by atoms with van der Waals surface area (Å²) in [5.41, 5.74) is 2.43. The molecule has 1 unspecified atom stereocenters. The highest BCUT2D eigenvalue weighted by atomic mass is 15.4. The van der Waals surface area contributed by atoms with Gasteiger partial charge >= 0.3 is 0 Å². The quantitative estimate of drug-likeness (QED) is 0.946. The lowest BCUT2D eigenvalue weighted by Crippen LogP contribution is -2.37. The van der Waals surface area contributed by atoms with Gasteiger partial charge in [-0.25, -0.2) is 0 Å². The molecule has 118 valence electrons. The average Bonchev–Trinajstić information content (AvgIpc) is 3.23. The number of H-pyrrole nitrogens is 1. The highest BCUT2D eigenvalue weighted by Gasteiger charge is 2.31. The zero-order valence-electron chi connectivity index (χ0n) is 13.4. The second-order valence-electron chi connectivity index (χ2n) is 6.72. The van der Waals surface area contributed by atoms with Gasteiger partial charge < -0.3 is 4.57 Å². The lowest BCUT2D eigenvalue weighted by Gasteiger charge is -2.34. The predicted octanol–water partition coefficient (Wildman–Crippen LogP) is 2.54. The van der Waals surface area contributed by atoms with Crippen molar-refractivity contribution >= 4 is 0 Å². The standard InChI is InChI=1S/C16H24N6/c1-11-14(9-17-18-11)10-21-7-8-22-15(12(21)2)19-20-16(22)13-5-3-4-6-13/h9,12-13H,3-8,10H2,1-2H3,(H,17,18). The molecule has 2 aromatic heterocycles. The van der Waals surface area contributed by atoms with Gasteiger partial charge in [-0.05, 0) is 26.7 Å². The summed E-state index contributed by atoms with van der Waals surface area (Å²) in [6.07, 6.45) is 7.18. The number of nitrogens with one attached hydrogen (secondary N) is 1. The van der Waals surface area contributed by atoms with Crippen LogP contribution in [0.1, 0.15) is 67.5 Å². The highest BCUT2D eigenvalue weighted by molar-refractivity contribution is 5.16. The van der Waals surface area contributed by atoms with Gasteiger partial charge in [0.1, 0.15) is 11.6 Å². The number of aromatic nitrogens is 5. The Balaban J connectivity index is 1.56. The van der Waals surface area contributed by atoms with Crippen molar-refractivity contribution in [1.82, 2.24) is 29.9 Å². The van der Waals surface area contributed by atoms with E-state index >= 15 is 0 Å². The first kappa shape index (κ1) is 13.9. The number of aryl methyl sites for hydroxylation is 1. The first-order chi connectivity index (χ1) is 10.7. The molecule has 0 radical (unpaired) electrons. The number of hydrogen-bond donors (Lipinski definition) is 1. The molecule has 2 aromatic rings. The number of fused-ring (bicyclic) bond motifs is 1. The molecule has 0 spiro atoms. The summed E-state index contributed by atoms with van der Waals surface area (Å²) >= 11 is 0. The van der Waals surface area contributed by atoms with Crippen molar-refractivity contribution in [1.29, 1.82) is 0 Å². The van der Waals surface area contributed by atoms with Crippen LogP contribution in [0.2, 0.25) is 0 Å². The van der Waals surface area contributed by atoms with Gasteiger partial charge in [-0.2, -0.15) is 5.10 Å². The van der Waals surface area contributed by atoms with E-state index in [4.69, 9.17) is 0 Å². The van der Waals surface area contributed by atoms with Crippen molar-refractivity contribution in [3.63, 3.8) is 0 Å². The van der Waals surface area contributed by atoms with E-state index in [1.54, 1.807) is 0 Å². The highest BCUT2D eigenvalue weighted by Crippen LogP contribution is 2.35. The molecule has 1 aliphatic heterocycles. The van der Waals surface area contributed by atoms with E-state index in [-0.39, 0.29) is 0 Å². The van der Waals surface area contributed by atoms with E-state index in [9.17, 15) is 0 Å². The number of nitrogens with zero attached hydrogens (tertiary/aromatic N) is 5. The first-order valence-corrected chi connectivity index (χ1v) is 8.40. The van der Waals surface area contributed by atoms with Crippen LogP contribution in [0, 0.1) is 6.92 Å². The van der Waals surface area contributed by atoms with E-state index < -0.39 is 0 Å². The fourth-order valence-corrected chi connectivity index (χ4v) is 3.91. The maximum absolute atomic E-state index is 4.55. The van der Waals surface area contributed by atoms with Crippen molar-refractivity contribution in [2.24, 2.45) is 0 Å². The molecular weight excluding hydrogens is 276 g/mol. The fraction of sp³-hybridized carbons (Fsp3) is 0.688. The third-order valence-corrected chi connectivity index (χ3v) is 5.37. The molecule has 22 heavy (non-hydrogen) atoms. The number of aromatic amines is 1. The van der Waals surface area contributed by atoms with Crippen molar-refractivity contribution in [2.75, 3.05) is 6.54 Å². The van der Waals surface area contributed by atoms with Gasteiger partial charge in [-0.15, -0.1) is 10.2 Å². The molecule has 4 rings (SSSR count). The van der Waals surface area contributed by atoms with Gasteiger partial charge in [-0.3, -0.25) is 10.00 Å². The minimum atomic E-state index is 0.311. The summed E-state index contributed by atoms with van der Waals surface area (Å²) in [5, 5.41) is 16.2. The maximum atomic E-state index is 4.55. The second-order valence-corrected chi connectivity index (χ2v) is 6.72.